The summed E-state index contributed by atoms with van der Waals surface area (Å²) < 4.78 is 5.66. The molecule has 0 aromatic heterocycles. The molecule has 2 atom stereocenters. The lowest BCUT2D eigenvalue weighted by Gasteiger charge is -2.21. The molecule has 0 radical (unpaired) electrons. The van der Waals surface area contributed by atoms with E-state index >= 15 is 0 Å². The molecule has 0 fully saturated rings. The summed E-state index contributed by atoms with van der Waals surface area (Å²) in [5.74, 6) is 0.297. The molecule has 1 rings (SSSR count). The SMILES string of the molecule is CCOC(CCNC(=O)C(N)c1ccc(C)cc1)C(C)C.Cl. The first kappa shape index (κ1) is 20.9. The number of nitrogens with two attached hydrogens (primary N) is 1. The summed E-state index contributed by atoms with van der Waals surface area (Å²) in [6.45, 7) is 9.53. The van der Waals surface area contributed by atoms with Gasteiger partial charge in [0.1, 0.15) is 6.04 Å². The third kappa shape index (κ3) is 6.77. The maximum absolute atomic E-state index is 12.1. The number of nitrogens with one attached hydrogen (secondary N) is 1. The Morgan fingerprint density at radius 1 is 1.27 bits per heavy atom. The Balaban J connectivity index is 0.00000441. The number of ether oxygens (including phenoxy) is 1. The number of benzene rings is 1. The van der Waals surface area contributed by atoms with Gasteiger partial charge in [0.2, 0.25) is 5.91 Å². The topological polar surface area (TPSA) is 64.3 Å². The fraction of sp³-hybridized carbons (Fsp3) is 0.588. The van der Waals surface area contributed by atoms with E-state index in [4.69, 9.17) is 10.5 Å². The highest BCUT2D eigenvalue weighted by Crippen LogP contribution is 2.13. The Morgan fingerprint density at radius 2 is 1.86 bits per heavy atom. The zero-order chi connectivity index (χ0) is 15.8. The van der Waals surface area contributed by atoms with Gasteiger partial charge in [-0.05, 0) is 31.7 Å². The molecule has 0 saturated heterocycles. The van der Waals surface area contributed by atoms with Crippen LogP contribution in [0.5, 0.6) is 0 Å². The Bertz CT molecular complexity index is 435. The molecule has 0 aliphatic heterocycles. The van der Waals surface area contributed by atoms with E-state index in [2.05, 4.69) is 19.2 Å². The first-order chi connectivity index (χ1) is 9.95. The maximum atomic E-state index is 12.1. The normalized spacial score (nSPS) is 13.4. The van der Waals surface area contributed by atoms with Crippen LogP contribution in [0.25, 0.3) is 0 Å². The fourth-order valence-corrected chi connectivity index (χ4v) is 2.20. The predicted octanol–water partition coefficient (Wildman–Crippen LogP) is 2.98. The van der Waals surface area contributed by atoms with Crippen LogP contribution in [-0.4, -0.2) is 25.2 Å². The van der Waals surface area contributed by atoms with Crippen LogP contribution in [0.15, 0.2) is 24.3 Å². The lowest BCUT2D eigenvalue weighted by molar-refractivity contribution is -0.122. The van der Waals surface area contributed by atoms with Gasteiger partial charge in [0.25, 0.3) is 0 Å². The highest BCUT2D eigenvalue weighted by molar-refractivity contribution is 5.85. The van der Waals surface area contributed by atoms with Gasteiger partial charge in [0, 0.05) is 13.2 Å². The number of aryl methyl sites for hydroxylation is 1. The van der Waals surface area contributed by atoms with E-state index < -0.39 is 6.04 Å². The van der Waals surface area contributed by atoms with Crippen molar-refractivity contribution >= 4 is 18.3 Å². The minimum Gasteiger partial charge on any atom is -0.378 e. The average molecular weight is 329 g/mol. The summed E-state index contributed by atoms with van der Waals surface area (Å²) in [4.78, 5) is 12.1. The third-order valence-corrected chi connectivity index (χ3v) is 3.57. The van der Waals surface area contributed by atoms with Crippen LogP contribution in [-0.2, 0) is 9.53 Å². The zero-order valence-electron chi connectivity index (χ0n) is 14.0. The highest BCUT2D eigenvalue weighted by atomic mass is 35.5. The van der Waals surface area contributed by atoms with E-state index in [1.54, 1.807) is 0 Å². The maximum Gasteiger partial charge on any atom is 0.241 e. The molecule has 1 aromatic carbocycles. The largest absolute Gasteiger partial charge is 0.378 e. The van der Waals surface area contributed by atoms with Crippen LogP contribution in [0.4, 0.5) is 0 Å². The van der Waals surface area contributed by atoms with Gasteiger partial charge >= 0.3 is 0 Å². The smallest absolute Gasteiger partial charge is 0.241 e. The standard InChI is InChI=1S/C17H28N2O2.ClH/c1-5-21-15(12(2)3)10-11-19-17(20)16(18)14-8-6-13(4)7-9-14;/h6-9,12,15-16H,5,10-11,18H2,1-4H3,(H,19,20);1H. The quantitative estimate of drug-likeness (QED) is 0.771. The van der Waals surface area contributed by atoms with Crippen LogP contribution >= 0.6 is 12.4 Å². The Morgan fingerprint density at radius 3 is 2.36 bits per heavy atom. The second-order valence-electron chi connectivity index (χ2n) is 5.71. The van der Waals surface area contributed by atoms with Crippen molar-refractivity contribution in [3.8, 4) is 0 Å². The molecule has 0 aliphatic carbocycles. The number of hydrogen-bond acceptors (Lipinski definition) is 3. The van der Waals surface area contributed by atoms with Crippen molar-refractivity contribution in [3.63, 3.8) is 0 Å². The molecule has 0 spiro atoms. The lowest BCUT2D eigenvalue weighted by Crippen LogP contribution is -2.36. The average Bonchev–Trinajstić information content (AvgIpc) is 2.46. The van der Waals surface area contributed by atoms with Crippen LogP contribution in [0.3, 0.4) is 0 Å². The Labute approximate surface area is 140 Å². The molecule has 22 heavy (non-hydrogen) atoms. The van der Waals surface area contributed by atoms with Gasteiger partial charge in [0.15, 0.2) is 0 Å². The lowest BCUT2D eigenvalue weighted by atomic mass is 10.0. The monoisotopic (exact) mass is 328 g/mol. The number of halogens is 1. The van der Waals surface area contributed by atoms with Crippen molar-refractivity contribution < 1.29 is 9.53 Å². The van der Waals surface area contributed by atoms with Crippen LogP contribution < -0.4 is 11.1 Å². The predicted molar refractivity (Wildman–Crippen MR) is 93.2 cm³/mol. The number of carbonyl (C=O) groups is 1. The van der Waals surface area contributed by atoms with Crippen molar-refractivity contribution in [1.29, 1.82) is 0 Å². The van der Waals surface area contributed by atoms with E-state index in [0.717, 1.165) is 17.5 Å². The van der Waals surface area contributed by atoms with E-state index in [1.165, 1.54) is 0 Å². The first-order valence-electron chi connectivity index (χ1n) is 7.67. The first-order valence-corrected chi connectivity index (χ1v) is 7.67. The molecular formula is C17H29ClN2O2. The van der Waals surface area contributed by atoms with Crippen molar-refractivity contribution in [1.82, 2.24) is 5.32 Å². The summed E-state index contributed by atoms with van der Waals surface area (Å²) in [6, 6.07) is 7.11. The summed E-state index contributed by atoms with van der Waals surface area (Å²) >= 11 is 0. The van der Waals surface area contributed by atoms with Crippen LogP contribution in [0.1, 0.15) is 44.4 Å². The molecule has 2 unspecified atom stereocenters. The van der Waals surface area contributed by atoms with E-state index in [1.807, 2.05) is 38.1 Å². The minimum atomic E-state index is -0.616. The zero-order valence-corrected chi connectivity index (χ0v) is 14.8. The summed E-state index contributed by atoms with van der Waals surface area (Å²) in [7, 11) is 0. The Hall–Kier alpha value is -1.10. The van der Waals surface area contributed by atoms with Gasteiger partial charge < -0.3 is 15.8 Å². The van der Waals surface area contributed by atoms with Crippen molar-refractivity contribution in [2.24, 2.45) is 11.7 Å². The van der Waals surface area contributed by atoms with E-state index in [0.29, 0.717) is 19.1 Å². The number of amides is 1. The van der Waals surface area contributed by atoms with Crippen molar-refractivity contribution in [3.05, 3.63) is 35.4 Å². The summed E-state index contributed by atoms with van der Waals surface area (Å²) in [6.07, 6.45) is 0.976. The van der Waals surface area contributed by atoms with E-state index in [-0.39, 0.29) is 24.4 Å². The summed E-state index contributed by atoms with van der Waals surface area (Å²) in [5, 5.41) is 2.90. The van der Waals surface area contributed by atoms with Gasteiger partial charge in [-0.2, -0.15) is 0 Å². The molecule has 4 nitrogen and oxygen atoms in total. The second-order valence-corrected chi connectivity index (χ2v) is 5.71. The Kier molecular flexibility index (Phi) is 10.1. The molecule has 1 amide bonds. The molecule has 0 saturated carbocycles. The molecule has 0 bridgehead atoms. The molecule has 126 valence electrons. The number of rotatable bonds is 8. The van der Waals surface area contributed by atoms with Gasteiger partial charge in [-0.25, -0.2) is 0 Å². The van der Waals surface area contributed by atoms with Gasteiger partial charge in [-0.15, -0.1) is 12.4 Å². The highest BCUT2D eigenvalue weighted by Gasteiger charge is 2.17. The van der Waals surface area contributed by atoms with Crippen molar-refractivity contribution in [2.45, 2.75) is 46.3 Å². The second kappa shape index (κ2) is 10.6. The van der Waals surface area contributed by atoms with Crippen LogP contribution in [0.2, 0.25) is 0 Å². The molecular weight excluding hydrogens is 300 g/mol. The van der Waals surface area contributed by atoms with E-state index in [9.17, 15) is 4.79 Å². The van der Waals surface area contributed by atoms with Crippen LogP contribution in [0, 0.1) is 12.8 Å². The fourth-order valence-electron chi connectivity index (χ4n) is 2.20. The number of carbonyl (C=O) groups excluding carboxylic acids is 1. The molecule has 0 aliphatic rings. The van der Waals surface area contributed by atoms with Gasteiger partial charge in [0.05, 0.1) is 6.10 Å². The van der Waals surface area contributed by atoms with Gasteiger partial charge in [-0.3, -0.25) is 4.79 Å². The molecule has 3 N–H and O–H groups in total. The summed E-state index contributed by atoms with van der Waals surface area (Å²) in [5.41, 5.74) is 7.97. The molecule has 0 heterocycles. The molecule has 1 aromatic rings. The van der Waals surface area contributed by atoms with Gasteiger partial charge in [-0.1, -0.05) is 43.7 Å². The van der Waals surface area contributed by atoms with Crippen molar-refractivity contribution in [2.75, 3.05) is 13.2 Å². The third-order valence-electron chi connectivity index (χ3n) is 3.57. The minimum absolute atomic E-state index is 0. The number of hydrogen-bond donors (Lipinski definition) is 2. The molecule has 5 heteroatoms.